The highest BCUT2D eigenvalue weighted by molar-refractivity contribution is 9.10. The molecule has 102 valence electrons. The Morgan fingerprint density at radius 3 is 2.58 bits per heavy atom. The number of hydrogen-bond donors (Lipinski definition) is 1. The number of aromatic amines is 1. The van der Waals surface area contributed by atoms with E-state index in [-0.39, 0.29) is 11.0 Å². The van der Waals surface area contributed by atoms with Crippen LogP contribution in [0, 0.1) is 0 Å². The van der Waals surface area contributed by atoms with Gasteiger partial charge in [-0.25, -0.2) is 4.68 Å². The Kier molecular flexibility index (Phi) is 3.92. The maximum Gasteiger partial charge on any atom is 0.281 e. The summed E-state index contributed by atoms with van der Waals surface area (Å²) >= 11 is 9.33. The highest BCUT2D eigenvalue weighted by Crippen LogP contribution is 2.25. The Labute approximate surface area is 125 Å². The van der Waals surface area contributed by atoms with Crippen molar-refractivity contribution >= 4 is 27.5 Å². The van der Waals surface area contributed by atoms with E-state index in [1.54, 1.807) is 4.68 Å². The van der Waals surface area contributed by atoms with Gasteiger partial charge in [0, 0.05) is 10.4 Å². The number of hydrogen-bond acceptors (Lipinski definition) is 1. The monoisotopic (exact) mass is 342 g/mol. The Bertz CT molecular complexity index is 652. The second-order valence-electron chi connectivity index (χ2n) is 5.57. The van der Waals surface area contributed by atoms with Gasteiger partial charge in [0.15, 0.2) is 0 Å². The first-order chi connectivity index (χ1) is 8.79. The highest BCUT2D eigenvalue weighted by atomic mass is 79.9. The molecule has 1 aromatic carbocycles. The second-order valence-corrected chi connectivity index (χ2v) is 6.80. The van der Waals surface area contributed by atoms with Crippen molar-refractivity contribution in [1.29, 1.82) is 0 Å². The van der Waals surface area contributed by atoms with Crippen LogP contribution in [0.3, 0.4) is 0 Å². The van der Waals surface area contributed by atoms with Crippen molar-refractivity contribution in [2.75, 3.05) is 0 Å². The lowest BCUT2D eigenvalue weighted by Crippen LogP contribution is -2.17. The van der Waals surface area contributed by atoms with Crippen LogP contribution >= 0.6 is 27.5 Å². The first kappa shape index (κ1) is 14.4. The zero-order chi connectivity index (χ0) is 14.2. The fourth-order valence-corrected chi connectivity index (χ4v) is 3.00. The van der Waals surface area contributed by atoms with Crippen molar-refractivity contribution in [2.24, 2.45) is 0 Å². The summed E-state index contributed by atoms with van der Waals surface area (Å²) < 4.78 is 2.19. The number of nitrogens with one attached hydrogen (secondary N) is 1. The normalized spacial score (nSPS) is 11.8. The molecule has 5 heteroatoms. The molecule has 1 aromatic heterocycles. The topological polar surface area (TPSA) is 37.8 Å². The molecule has 0 fully saturated rings. The maximum absolute atomic E-state index is 12.2. The molecule has 1 N–H and O–H groups in total. The van der Waals surface area contributed by atoms with E-state index < -0.39 is 0 Å². The molecule has 0 radical (unpaired) electrons. The van der Waals surface area contributed by atoms with Crippen LogP contribution in [0.5, 0.6) is 0 Å². The molecule has 0 saturated heterocycles. The van der Waals surface area contributed by atoms with Crippen LogP contribution in [0.4, 0.5) is 0 Å². The van der Waals surface area contributed by atoms with E-state index in [0.29, 0.717) is 16.0 Å². The standard InChI is InChI=1S/C14H16BrClN2O/c1-14(2,3)12-11(15)13(19)18(17-12)8-9-5-4-6-10(16)7-9/h4-7,17H,8H2,1-3H3. The molecule has 2 rings (SSSR count). The van der Waals surface area contributed by atoms with Crippen molar-refractivity contribution < 1.29 is 0 Å². The van der Waals surface area contributed by atoms with E-state index in [2.05, 4.69) is 41.8 Å². The van der Waals surface area contributed by atoms with Gasteiger partial charge < -0.3 is 0 Å². The molecule has 0 spiro atoms. The van der Waals surface area contributed by atoms with Crippen molar-refractivity contribution in [1.82, 2.24) is 9.78 Å². The number of benzene rings is 1. The first-order valence-corrected chi connectivity index (χ1v) is 7.19. The maximum atomic E-state index is 12.2. The lowest BCUT2D eigenvalue weighted by atomic mass is 9.93. The minimum absolute atomic E-state index is 0.0510. The Morgan fingerprint density at radius 1 is 1.37 bits per heavy atom. The first-order valence-electron chi connectivity index (χ1n) is 6.02. The predicted octanol–water partition coefficient (Wildman–Crippen LogP) is 3.94. The highest BCUT2D eigenvalue weighted by Gasteiger charge is 2.23. The van der Waals surface area contributed by atoms with Crippen molar-refractivity contribution in [2.45, 2.75) is 32.7 Å². The summed E-state index contributed by atoms with van der Waals surface area (Å²) in [5.41, 5.74) is 1.73. The van der Waals surface area contributed by atoms with Crippen LogP contribution < -0.4 is 5.56 Å². The number of nitrogens with zero attached hydrogens (tertiary/aromatic N) is 1. The van der Waals surface area contributed by atoms with Crippen LogP contribution in [-0.4, -0.2) is 9.78 Å². The molecule has 2 aromatic rings. The lowest BCUT2D eigenvalue weighted by molar-refractivity contribution is 0.541. The molecule has 19 heavy (non-hydrogen) atoms. The van der Waals surface area contributed by atoms with Crippen molar-refractivity contribution in [3.05, 3.63) is 55.4 Å². The molecular weight excluding hydrogens is 328 g/mol. The van der Waals surface area contributed by atoms with Crippen LogP contribution in [-0.2, 0) is 12.0 Å². The number of aromatic nitrogens is 2. The van der Waals surface area contributed by atoms with Crippen molar-refractivity contribution in [3.8, 4) is 0 Å². The molecule has 0 saturated carbocycles. The Balaban J connectivity index is 2.40. The van der Waals surface area contributed by atoms with Gasteiger partial charge in [-0.2, -0.15) is 0 Å². The largest absolute Gasteiger partial charge is 0.298 e. The summed E-state index contributed by atoms with van der Waals surface area (Å²) in [7, 11) is 0. The summed E-state index contributed by atoms with van der Waals surface area (Å²) in [5.74, 6) is 0. The molecule has 3 nitrogen and oxygen atoms in total. The quantitative estimate of drug-likeness (QED) is 0.881. The smallest absolute Gasteiger partial charge is 0.281 e. The van der Waals surface area contributed by atoms with E-state index in [1.807, 2.05) is 24.3 Å². The summed E-state index contributed by atoms with van der Waals surface area (Å²) in [6, 6.07) is 7.51. The summed E-state index contributed by atoms with van der Waals surface area (Å²) in [4.78, 5) is 12.2. The predicted molar refractivity (Wildman–Crippen MR) is 82.0 cm³/mol. The molecular formula is C14H16BrClN2O. The van der Waals surface area contributed by atoms with Gasteiger partial charge in [-0.1, -0.05) is 44.5 Å². The molecule has 0 bridgehead atoms. The zero-order valence-electron chi connectivity index (χ0n) is 11.1. The third kappa shape index (κ3) is 3.12. The van der Waals surface area contributed by atoms with Gasteiger partial charge in [-0.05, 0) is 33.6 Å². The Hall–Kier alpha value is -1.00. The summed E-state index contributed by atoms with van der Waals surface area (Å²) in [6.45, 7) is 6.67. The van der Waals surface area contributed by atoms with Crippen LogP contribution in [0.25, 0.3) is 0 Å². The Morgan fingerprint density at radius 2 is 2.05 bits per heavy atom. The molecule has 0 amide bonds. The van der Waals surface area contributed by atoms with E-state index in [4.69, 9.17) is 11.6 Å². The summed E-state index contributed by atoms with van der Waals surface area (Å²) in [6.07, 6.45) is 0. The van der Waals surface area contributed by atoms with Gasteiger partial charge in [-0.3, -0.25) is 9.89 Å². The molecule has 1 heterocycles. The fraction of sp³-hybridized carbons (Fsp3) is 0.357. The van der Waals surface area contributed by atoms with Gasteiger partial charge in [0.2, 0.25) is 0 Å². The zero-order valence-corrected chi connectivity index (χ0v) is 13.5. The van der Waals surface area contributed by atoms with Gasteiger partial charge >= 0.3 is 0 Å². The molecule has 0 aliphatic rings. The van der Waals surface area contributed by atoms with Crippen LogP contribution in [0.15, 0.2) is 33.5 Å². The molecule has 0 unspecified atom stereocenters. The molecule has 0 atom stereocenters. The average molecular weight is 344 g/mol. The number of H-pyrrole nitrogens is 1. The van der Waals surface area contributed by atoms with E-state index in [0.717, 1.165) is 11.3 Å². The van der Waals surface area contributed by atoms with Crippen molar-refractivity contribution in [3.63, 3.8) is 0 Å². The summed E-state index contributed by atoms with van der Waals surface area (Å²) in [5, 5.41) is 3.85. The lowest BCUT2D eigenvalue weighted by Gasteiger charge is -2.16. The van der Waals surface area contributed by atoms with E-state index in [1.165, 1.54) is 0 Å². The third-order valence-electron chi connectivity index (χ3n) is 2.88. The second kappa shape index (κ2) is 5.17. The van der Waals surface area contributed by atoms with Gasteiger partial charge in [-0.15, -0.1) is 0 Å². The SMILES string of the molecule is CC(C)(C)c1[nH]n(Cc2cccc(Cl)c2)c(=O)c1Br. The third-order valence-corrected chi connectivity index (χ3v) is 3.85. The van der Waals surface area contributed by atoms with Gasteiger partial charge in [0.25, 0.3) is 5.56 Å². The number of halogens is 2. The minimum atomic E-state index is -0.114. The van der Waals surface area contributed by atoms with Crippen LogP contribution in [0.2, 0.25) is 5.02 Å². The molecule has 0 aliphatic carbocycles. The minimum Gasteiger partial charge on any atom is -0.298 e. The fourth-order valence-electron chi connectivity index (χ4n) is 1.89. The number of rotatable bonds is 2. The van der Waals surface area contributed by atoms with E-state index >= 15 is 0 Å². The average Bonchev–Trinajstić information content (AvgIpc) is 2.57. The van der Waals surface area contributed by atoms with E-state index in [9.17, 15) is 4.79 Å². The van der Waals surface area contributed by atoms with Gasteiger partial charge in [0.1, 0.15) is 4.47 Å². The van der Waals surface area contributed by atoms with Gasteiger partial charge in [0.05, 0.1) is 12.2 Å². The van der Waals surface area contributed by atoms with Crippen LogP contribution in [0.1, 0.15) is 32.0 Å². The molecule has 0 aliphatic heterocycles.